The minimum absolute atomic E-state index is 0.740. The van der Waals surface area contributed by atoms with Crippen LogP contribution in [0.5, 0.6) is 0 Å². The zero-order chi connectivity index (χ0) is 21.5. The molecule has 148 valence electrons. The summed E-state index contributed by atoms with van der Waals surface area (Å²) in [6, 6.07) is 34.8. The van der Waals surface area contributed by atoms with Crippen molar-refractivity contribution in [1.82, 2.24) is 0 Å². The summed E-state index contributed by atoms with van der Waals surface area (Å²) >= 11 is 0. The highest BCUT2D eigenvalue weighted by molar-refractivity contribution is 7.83. The van der Waals surface area contributed by atoms with Gasteiger partial charge in [0.2, 0.25) is 7.14 Å². The van der Waals surface area contributed by atoms with Gasteiger partial charge in [-0.25, -0.2) is 0 Å². The van der Waals surface area contributed by atoms with Crippen molar-refractivity contribution < 1.29 is 4.57 Å². The number of hydrogen-bond donors (Lipinski definition) is 0. The first-order valence-electron chi connectivity index (χ1n) is 10.1. The van der Waals surface area contributed by atoms with Crippen LogP contribution in [0.15, 0.2) is 109 Å². The monoisotopic (exact) mass is 416 g/mol. The SMILES string of the molecule is Cc1ccc(C#Cc2cccc(C#CP(=O)(c3ccccc3)c3ccccc3)c2)cc1. The predicted octanol–water partition coefficient (Wildman–Crippen LogP) is 5.72. The lowest BCUT2D eigenvalue weighted by molar-refractivity contribution is 0.593. The molecule has 0 aliphatic rings. The standard InChI is InChI=1S/C29H21OP/c1-24-15-17-25(18-16-24)19-20-26-9-8-10-27(23-26)21-22-31(30,28-11-4-2-5-12-28)29-13-6-3-7-14-29/h2-18,23H,1H3. The topological polar surface area (TPSA) is 17.1 Å². The molecule has 0 aliphatic heterocycles. The molecule has 0 N–H and O–H groups in total. The summed E-state index contributed by atoms with van der Waals surface area (Å²) in [5, 5.41) is 1.48. The van der Waals surface area contributed by atoms with Gasteiger partial charge in [-0.1, -0.05) is 102 Å². The fourth-order valence-electron chi connectivity index (χ4n) is 3.15. The lowest BCUT2D eigenvalue weighted by Crippen LogP contribution is -2.14. The summed E-state index contributed by atoms with van der Waals surface area (Å²) in [5.41, 5.74) is 6.96. The largest absolute Gasteiger partial charge is 0.300 e. The summed E-state index contributed by atoms with van der Waals surface area (Å²) in [6.07, 6.45) is 0. The molecule has 0 spiro atoms. The molecule has 31 heavy (non-hydrogen) atoms. The Morgan fingerprint density at radius 1 is 0.548 bits per heavy atom. The molecule has 0 saturated carbocycles. The molecule has 0 saturated heterocycles. The van der Waals surface area contributed by atoms with Crippen LogP contribution in [0.3, 0.4) is 0 Å². The summed E-state index contributed by atoms with van der Waals surface area (Å²) < 4.78 is 14.0. The quantitative estimate of drug-likeness (QED) is 0.302. The maximum Gasteiger partial charge on any atom is 0.211 e. The number of rotatable bonds is 2. The Balaban J connectivity index is 1.69. The minimum atomic E-state index is -3.07. The molecule has 1 nitrogen and oxygen atoms in total. The van der Waals surface area contributed by atoms with Gasteiger partial charge in [0.1, 0.15) is 0 Å². The molecule has 0 heterocycles. The molecular formula is C29H21OP. The third kappa shape index (κ3) is 5.05. The Bertz CT molecular complexity index is 1300. The molecule has 0 radical (unpaired) electrons. The highest BCUT2D eigenvalue weighted by atomic mass is 31.2. The van der Waals surface area contributed by atoms with E-state index >= 15 is 0 Å². The Kier molecular flexibility index (Phi) is 6.19. The third-order valence-electron chi connectivity index (χ3n) is 4.86. The average Bonchev–Trinajstić information content (AvgIpc) is 2.83. The molecule has 0 bridgehead atoms. The second kappa shape index (κ2) is 9.36. The average molecular weight is 416 g/mol. The molecule has 4 aromatic carbocycles. The van der Waals surface area contributed by atoms with Gasteiger partial charge in [-0.3, -0.25) is 4.57 Å². The number of benzene rings is 4. The second-order valence-electron chi connectivity index (χ2n) is 7.21. The molecule has 0 atom stereocenters. The van der Waals surface area contributed by atoms with Crippen LogP contribution in [0, 0.1) is 30.3 Å². The van der Waals surface area contributed by atoms with E-state index in [1.54, 1.807) is 0 Å². The van der Waals surface area contributed by atoms with Crippen LogP contribution in [-0.2, 0) is 4.57 Å². The summed E-state index contributed by atoms with van der Waals surface area (Å²) in [7, 11) is -3.07. The van der Waals surface area contributed by atoms with Gasteiger partial charge < -0.3 is 0 Å². The lowest BCUT2D eigenvalue weighted by atomic mass is 10.1. The maximum absolute atomic E-state index is 14.0. The van der Waals surface area contributed by atoms with E-state index in [2.05, 4.69) is 42.5 Å². The first kappa shape index (κ1) is 20.5. The molecule has 4 rings (SSSR count). The minimum Gasteiger partial charge on any atom is -0.300 e. The third-order valence-corrected chi connectivity index (χ3v) is 7.34. The van der Waals surface area contributed by atoms with E-state index in [1.165, 1.54) is 5.56 Å². The maximum atomic E-state index is 14.0. The summed E-state index contributed by atoms with van der Waals surface area (Å²) in [6.45, 7) is 2.06. The highest BCUT2D eigenvalue weighted by Crippen LogP contribution is 2.41. The van der Waals surface area contributed by atoms with Crippen molar-refractivity contribution in [3.63, 3.8) is 0 Å². The van der Waals surface area contributed by atoms with E-state index < -0.39 is 7.14 Å². The van der Waals surface area contributed by atoms with Gasteiger partial charge in [0.25, 0.3) is 0 Å². The van der Waals surface area contributed by atoms with Crippen LogP contribution in [-0.4, -0.2) is 0 Å². The van der Waals surface area contributed by atoms with E-state index in [9.17, 15) is 4.57 Å². The van der Waals surface area contributed by atoms with Crippen molar-refractivity contribution in [3.05, 3.63) is 131 Å². The Morgan fingerprint density at radius 3 is 1.65 bits per heavy atom. The molecule has 0 unspecified atom stereocenters. The van der Waals surface area contributed by atoms with Crippen LogP contribution in [0.25, 0.3) is 0 Å². The Morgan fingerprint density at radius 2 is 1.06 bits per heavy atom. The van der Waals surface area contributed by atoms with Crippen molar-refractivity contribution in [3.8, 4) is 23.4 Å². The van der Waals surface area contributed by atoms with Gasteiger partial charge in [0, 0.05) is 27.3 Å². The van der Waals surface area contributed by atoms with Crippen LogP contribution in [0.2, 0.25) is 0 Å². The van der Waals surface area contributed by atoms with Crippen LogP contribution in [0.1, 0.15) is 22.3 Å². The Hall–Kier alpha value is -3.77. The van der Waals surface area contributed by atoms with Gasteiger partial charge in [0.05, 0.1) is 0 Å². The first-order chi connectivity index (χ1) is 15.1. The molecule has 0 aliphatic carbocycles. The molecule has 0 fully saturated rings. The van der Waals surface area contributed by atoms with Gasteiger partial charge >= 0.3 is 0 Å². The van der Waals surface area contributed by atoms with Crippen molar-refractivity contribution in [2.24, 2.45) is 0 Å². The van der Waals surface area contributed by atoms with Gasteiger partial charge in [-0.05, 0) is 42.9 Å². The van der Waals surface area contributed by atoms with Gasteiger partial charge in [-0.15, -0.1) is 0 Å². The number of aryl methyl sites for hydroxylation is 1. The van der Waals surface area contributed by atoms with Crippen molar-refractivity contribution in [1.29, 1.82) is 0 Å². The van der Waals surface area contributed by atoms with Gasteiger partial charge in [0.15, 0.2) is 0 Å². The Labute approximate surface area is 184 Å². The molecule has 2 heteroatoms. The zero-order valence-electron chi connectivity index (χ0n) is 17.2. The lowest BCUT2D eigenvalue weighted by Gasteiger charge is -2.12. The predicted molar refractivity (Wildman–Crippen MR) is 130 cm³/mol. The second-order valence-corrected chi connectivity index (χ2v) is 9.69. The van der Waals surface area contributed by atoms with E-state index in [0.29, 0.717) is 0 Å². The summed E-state index contributed by atoms with van der Waals surface area (Å²) in [4.78, 5) is 0. The smallest absolute Gasteiger partial charge is 0.211 e. The molecule has 0 amide bonds. The fraction of sp³-hybridized carbons (Fsp3) is 0.0345. The highest BCUT2D eigenvalue weighted by Gasteiger charge is 2.24. The molecular weight excluding hydrogens is 395 g/mol. The van der Waals surface area contributed by atoms with E-state index in [-0.39, 0.29) is 0 Å². The normalized spacial score (nSPS) is 10.4. The molecule has 0 aromatic heterocycles. The van der Waals surface area contributed by atoms with E-state index in [4.69, 9.17) is 0 Å². The van der Waals surface area contributed by atoms with Crippen LogP contribution >= 0.6 is 7.14 Å². The van der Waals surface area contributed by atoms with Crippen molar-refractivity contribution >= 4 is 17.8 Å². The van der Waals surface area contributed by atoms with E-state index in [1.807, 2.05) is 97.1 Å². The zero-order valence-corrected chi connectivity index (χ0v) is 18.1. The van der Waals surface area contributed by atoms with Crippen LogP contribution in [0.4, 0.5) is 0 Å². The van der Waals surface area contributed by atoms with Crippen LogP contribution < -0.4 is 10.6 Å². The van der Waals surface area contributed by atoms with Gasteiger partial charge in [-0.2, -0.15) is 0 Å². The van der Waals surface area contributed by atoms with Crippen molar-refractivity contribution in [2.75, 3.05) is 0 Å². The first-order valence-corrected chi connectivity index (χ1v) is 11.8. The fourth-order valence-corrected chi connectivity index (χ4v) is 5.18. The molecule has 4 aromatic rings. The van der Waals surface area contributed by atoms with E-state index in [0.717, 1.165) is 27.3 Å². The van der Waals surface area contributed by atoms with Crippen molar-refractivity contribution in [2.45, 2.75) is 6.92 Å². The number of hydrogen-bond acceptors (Lipinski definition) is 1. The summed E-state index contributed by atoms with van der Waals surface area (Å²) in [5.74, 6) is 9.53.